The number of benzene rings is 1. The molecule has 106 valence electrons. The van der Waals surface area contributed by atoms with Gasteiger partial charge in [0.1, 0.15) is 6.29 Å². The molecular formula is C16H24O3. The molecular weight excluding hydrogens is 240 g/mol. The minimum atomic E-state index is 0.560. The van der Waals surface area contributed by atoms with Gasteiger partial charge in [-0.3, -0.25) is 4.79 Å². The van der Waals surface area contributed by atoms with Crippen molar-refractivity contribution in [2.75, 3.05) is 13.7 Å². The first-order valence-corrected chi connectivity index (χ1v) is 7.01. The van der Waals surface area contributed by atoms with Crippen LogP contribution >= 0.6 is 0 Å². The summed E-state index contributed by atoms with van der Waals surface area (Å²) in [5.41, 5.74) is 0.609. The lowest BCUT2D eigenvalue weighted by Gasteiger charge is -2.17. The first-order valence-electron chi connectivity index (χ1n) is 7.01. The molecule has 0 spiro atoms. The van der Waals surface area contributed by atoms with Gasteiger partial charge in [-0.15, -0.1) is 0 Å². The Bertz CT molecular complexity index is 388. The standard InChI is InChI=1S/C16H24O3/c1-4-6-7-13(5-2)12-19-16-10-14(11-17)8-9-15(16)18-3/h8-11,13H,4-7,12H2,1-3H3. The van der Waals surface area contributed by atoms with Crippen LogP contribution in [-0.2, 0) is 0 Å². The molecule has 3 heteroatoms. The molecule has 0 saturated heterocycles. The Morgan fingerprint density at radius 3 is 2.63 bits per heavy atom. The number of hydrogen-bond acceptors (Lipinski definition) is 3. The second kappa shape index (κ2) is 8.57. The second-order valence-electron chi connectivity index (χ2n) is 4.76. The Morgan fingerprint density at radius 2 is 2.05 bits per heavy atom. The summed E-state index contributed by atoms with van der Waals surface area (Å²) < 4.78 is 11.1. The monoisotopic (exact) mass is 264 g/mol. The summed E-state index contributed by atoms with van der Waals surface area (Å²) in [4.78, 5) is 10.8. The van der Waals surface area contributed by atoms with Crippen LogP contribution in [0.25, 0.3) is 0 Å². The van der Waals surface area contributed by atoms with E-state index in [0.717, 1.165) is 12.7 Å². The van der Waals surface area contributed by atoms with E-state index in [1.807, 2.05) is 0 Å². The molecule has 0 saturated carbocycles. The number of methoxy groups -OCH3 is 1. The summed E-state index contributed by atoms with van der Waals surface area (Å²) in [6.07, 6.45) is 5.55. The van der Waals surface area contributed by atoms with Crippen molar-refractivity contribution in [3.63, 3.8) is 0 Å². The molecule has 0 amide bonds. The summed E-state index contributed by atoms with van der Waals surface area (Å²) in [6, 6.07) is 5.23. The highest BCUT2D eigenvalue weighted by Gasteiger charge is 2.10. The average Bonchev–Trinajstić information content (AvgIpc) is 2.47. The predicted molar refractivity (Wildman–Crippen MR) is 77.2 cm³/mol. The quantitative estimate of drug-likeness (QED) is 0.630. The number of unbranched alkanes of at least 4 members (excludes halogenated alkanes) is 1. The van der Waals surface area contributed by atoms with Gasteiger partial charge in [0.15, 0.2) is 11.5 Å². The van der Waals surface area contributed by atoms with Crippen molar-refractivity contribution in [3.05, 3.63) is 23.8 Å². The van der Waals surface area contributed by atoms with E-state index < -0.39 is 0 Å². The number of carbonyl (C=O) groups is 1. The third-order valence-electron chi connectivity index (χ3n) is 3.34. The second-order valence-corrected chi connectivity index (χ2v) is 4.76. The lowest BCUT2D eigenvalue weighted by Crippen LogP contribution is -2.11. The summed E-state index contributed by atoms with van der Waals surface area (Å²) >= 11 is 0. The lowest BCUT2D eigenvalue weighted by atomic mass is 10.0. The predicted octanol–water partition coefficient (Wildman–Crippen LogP) is 4.10. The molecule has 19 heavy (non-hydrogen) atoms. The maximum atomic E-state index is 10.8. The zero-order valence-electron chi connectivity index (χ0n) is 12.1. The SMILES string of the molecule is CCCCC(CC)COc1cc(C=O)ccc1OC. The van der Waals surface area contributed by atoms with E-state index in [-0.39, 0.29) is 0 Å². The largest absolute Gasteiger partial charge is 0.493 e. The van der Waals surface area contributed by atoms with Crippen molar-refractivity contribution in [1.82, 2.24) is 0 Å². The third-order valence-corrected chi connectivity index (χ3v) is 3.34. The van der Waals surface area contributed by atoms with Crippen molar-refractivity contribution in [2.45, 2.75) is 39.5 Å². The molecule has 0 aliphatic heterocycles. The van der Waals surface area contributed by atoms with Gasteiger partial charge in [-0.05, 0) is 30.5 Å². The fraction of sp³-hybridized carbons (Fsp3) is 0.562. The summed E-state index contributed by atoms with van der Waals surface area (Å²) in [5, 5.41) is 0. The van der Waals surface area contributed by atoms with Crippen molar-refractivity contribution in [2.24, 2.45) is 5.92 Å². The van der Waals surface area contributed by atoms with Gasteiger partial charge < -0.3 is 9.47 Å². The van der Waals surface area contributed by atoms with E-state index in [2.05, 4.69) is 13.8 Å². The molecule has 0 N–H and O–H groups in total. The van der Waals surface area contributed by atoms with E-state index in [9.17, 15) is 4.79 Å². The molecule has 1 aromatic rings. The Hall–Kier alpha value is -1.51. The normalized spacial score (nSPS) is 11.9. The first kappa shape index (κ1) is 15.5. The maximum absolute atomic E-state index is 10.8. The highest BCUT2D eigenvalue weighted by Crippen LogP contribution is 2.28. The van der Waals surface area contributed by atoms with Crippen LogP contribution < -0.4 is 9.47 Å². The van der Waals surface area contributed by atoms with Crippen LogP contribution in [0, 0.1) is 5.92 Å². The van der Waals surface area contributed by atoms with Crippen molar-refractivity contribution < 1.29 is 14.3 Å². The highest BCUT2D eigenvalue weighted by molar-refractivity contribution is 5.76. The van der Waals surface area contributed by atoms with Crippen molar-refractivity contribution >= 4 is 6.29 Å². The molecule has 1 aromatic carbocycles. The number of ether oxygens (including phenoxy) is 2. The molecule has 0 heterocycles. The Morgan fingerprint density at radius 1 is 1.26 bits per heavy atom. The molecule has 0 bridgehead atoms. The smallest absolute Gasteiger partial charge is 0.161 e. The number of carbonyl (C=O) groups excluding carboxylic acids is 1. The van der Waals surface area contributed by atoms with E-state index in [0.29, 0.717) is 29.6 Å². The van der Waals surface area contributed by atoms with Crippen LogP contribution in [0.2, 0.25) is 0 Å². The van der Waals surface area contributed by atoms with Gasteiger partial charge in [0.2, 0.25) is 0 Å². The molecule has 0 radical (unpaired) electrons. The van der Waals surface area contributed by atoms with E-state index in [1.54, 1.807) is 25.3 Å². The highest BCUT2D eigenvalue weighted by atomic mass is 16.5. The minimum Gasteiger partial charge on any atom is -0.493 e. The molecule has 0 aromatic heterocycles. The molecule has 0 aliphatic rings. The molecule has 1 atom stereocenters. The topological polar surface area (TPSA) is 35.5 Å². The minimum absolute atomic E-state index is 0.560. The van der Waals surface area contributed by atoms with Gasteiger partial charge in [0.05, 0.1) is 13.7 Å². The summed E-state index contributed by atoms with van der Waals surface area (Å²) in [6.45, 7) is 5.06. The molecule has 0 aliphatic carbocycles. The van der Waals surface area contributed by atoms with Crippen LogP contribution in [-0.4, -0.2) is 20.0 Å². The summed E-state index contributed by atoms with van der Waals surface area (Å²) in [7, 11) is 1.61. The van der Waals surface area contributed by atoms with Gasteiger partial charge >= 0.3 is 0 Å². The van der Waals surface area contributed by atoms with E-state index in [4.69, 9.17) is 9.47 Å². The number of hydrogen-bond donors (Lipinski definition) is 0. The molecule has 0 fully saturated rings. The Labute approximate surface area is 115 Å². The van der Waals surface area contributed by atoms with Crippen molar-refractivity contribution in [1.29, 1.82) is 0 Å². The maximum Gasteiger partial charge on any atom is 0.161 e. The third kappa shape index (κ3) is 4.93. The first-order chi connectivity index (χ1) is 9.24. The fourth-order valence-electron chi connectivity index (χ4n) is 1.99. The zero-order valence-corrected chi connectivity index (χ0v) is 12.1. The lowest BCUT2D eigenvalue weighted by molar-refractivity contribution is 0.112. The Balaban J connectivity index is 2.66. The molecule has 3 nitrogen and oxygen atoms in total. The van der Waals surface area contributed by atoms with Crippen LogP contribution in [0.1, 0.15) is 49.9 Å². The molecule has 1 rings (SSSR count). The Kier molecular flexibility index (Phi) is 7.01. The molecule has 1 unspecified atom stereocenters. The van der Waals surface area contributed by atoms with Crippen LogP contribution in [0.15, 0.2) is 18.2 Å². The van der Waals surface area contributed by atoms with Crippen LogP contribution in [0.4, 0.5) is 0 Å². The summed E-state index contributed by atoms with van der Waals surface area (Å²) in [5.74, 6) is 1.89. The van der Waals surface area contributed by atoms with Crippen LogP contribution in [0.3, 0.4) is 0 Å². The van der Waals surface area contributed by atoms with E-state index in [1.165, 1.54) is 19.3 Å². The number of aldehydes is 1. The van der Waals surface area contributed by atoms with Gasteiger partial charge in [0, 0.05) is 5.56 Å². The van der Waals surface area contributed by atoms with Gasteiger partial charge in [0.25, 0.3) is 0 Å². The number of rotatable bonds is 9. The van der Waals surface area contributed by atoms with Gasteiger partial charge in [-0.1, -0.05) is 33.1 Å². The van der Waals surface area contributed by atoms with Crippen molar-refractivity contribution in [3.8, 4) is 11.5 Å². The van der Waals surface area contributed by atoms with Gasteiger partial charge in [-0.2, -0.15) is 0 Å². The fourth-order valence-corrected chi connectivity index (χ4v) is 1.99. The zero-order chi connectivity index (χ0) is 14.1. The van der Waals surface area contributed by atoms with Crippen LogP contribution in [0.5, 0.6) is 11.5 Å². The average molecular weight is 264 g/mol. The van der Waals surface area contributed by atoms with Gasteiger partial charge in [-0.25, -0.2) is 0 Å². The van der Waals surface area contributed by atoms with E-state index >= 15 is 0 Å².